The Morgan fingerprint density at radius 3 is 2.10 bits per heavy atom. The third-order valence-electron chi connectivity index (χ3n) is 4.14. The van der Waals surface area contributed by atoms with E-state index in [-0.39, 0.29) is 5.92 Å². The predicted octanol–water partition coefficient (Wildman–Crippen LogP) is 4.13. The van der Waals surface area contributed by atoms with Gasteiger partial charge in [-0.3, -0.25) is 0 Å². The standard InChI is InChI=1S/C17H28O3/c1-6-7-8-9-13(2)17(3,18)14-10-15(19-4)12-16(11-14)20-5/h10-13,18H,6-9H2,1-5H3/t13-,17+/m0/s1. The molecule has 0 aliphatic rings. The highest BCUT2D eigenvalue weighted by molar-refractivity contribution is 5.41. The Balaban J connectivity index is 2.94. The van der Waals surface area contributed by atoms with Crippen LogP contribution in [0.4, 0.5) is 0 Å². The van der Waals surface area contributed by atoms with E-state index >= 15 is 0 Å². The number of hydrogen-bond donors (Lipinski definition) is 1. The highest BCUT2D eigenvalue weighted by Crippen LogP contribution is 2.36. The van der Waals surface area contributed by atoms with Gasteiger partial charge in [0.15, 0.2) is 0 Å². The molecule has 1 aromatic carbocycles. The minimum absolute atomic E-state index is 0.186. The number of rotatable bonds is 8. The zero-order chi connectivity index (χ0) is 15.2. The van der Waals surface area contributed by atoms with Gasteiger partial charge in [-0.25, -0.2) is 0 Å². The van der Waals surface area contributed by atoms with Crippen LogP contribution < -0.4 is 9.47 Å². The number of ether oxygens (including phenoxy) is 2. The second-order valence-electron chi connectivity index (χ2n) is 5.65. The zero-order valence-corrected chi connectivity index (χ0v) is 13.4. The quantitative estimate of drug-likeness (QED) is 0.728. The number of aliphatic hydroxyl groups is 1. The normalized spacial score (nSPS) is 15.5. The topological polar surface area (TPSA) is 38.7 Å². The van der Waals surface area contributed by atoms with Crippen LogP contribution in [0.25, 0.3) is 0 Å². The summed E-state index contributed by atoms with van der Waals surface area (Å²) in [5.41, 5.74) is -0.0343. The number of hydrogen-bond acceptors (Lipinski definition) is 3. The molecule has 0 aliphatic carbocycles. The molecule has 3 nitrogen and oxygen atoms in total. The SMILES string of the molecule is CCCCC[C@H](C)[C@@](C)(O)c1cc(OC)cc(OC)c1. The maximum atomic E-state index is 10.9. The van der Waals surface area contributed by atoms with Gasteiger partial charge in [0, 0.05) is 6.07 Å². The van der Waals surface area contributed by atoms with E-state index < -0.39 is 5.60 Å². The van der Waals surface area contributed by atoms with Crippen LogP contribution >= 0.6 is 0 Å². The molecule has 0 aromatic heterocycles. The summed E-state index contributed by atoms with van der Waals surface area (Å²) in [7, 11) is 3.25. The highest BCUT2D eigenvalue weighted by atomic mass is 16.5. The molecule has 1 rings (SSSR count). The molecule has 0 aliphatic heterocycles. The molecular weight excluding hydrogens is 252 g/mol. The molecule has 2 atom stereocenters. The van der Waals surface area contributed by atoms with E-state index in [2.05, 4.69) is 13.8 Å². The molecule has 0 saturated heterocycles. The Morgan fingerprint density at radius 1 is 1.10 bits per heavy atom. The summed E-state index contributed by atoms with van der Waals surface area (Å²) in [4.78, 5) is 0. The maximum absolute atomic E-state index is 10.9. The van der Waals surface area contributed by atoms with E-state index in [4.69, 9.17) is 9.47 Å². The smallest absolute Gasteiger partial charge is 0.122 e. The van der Waals surface area contributed by atoms with Gasteiger partial charge < -0.3 is 14.6 Å². The summed E-state index contributed by atoms with van der Waals surface area (Å²) in [6.45, 7) is 6.16. The molecule has 0 fully saturated rings. The van der Waals surface area contributed by atoms with Gasteiger partial charge in [0.1, 0.15) is 11.5 Å². The fourth-order valence-corrected chi connectivity index (χ4v) is 2.37. The van der Waals surface area contributed by atoms with Crippen molar-refractivity contribution in [1.82, 2.24) is 0 Å². The lowest BCUT2D eigenvalue weighted by Gasteiger charge is -2.31. The second-order valence-corrected chi connectivity index (χ2v) is 5.65. The molecule has 114 valence electrons. The van der Waals surface area contributed by atoms with E-state index in [1.165, 1.54) is 12.8 Å². The van der Waals surface area contributed by atoms with E-state index in [0.717, 1.165) is 18.4 Å². The van der Waals surface area contributed by atoms with Crippen molar-refractivity contribution in [2.75, 3.05) is 14.2 Å². The fraction of sp³-hybridized carbons (Fsp3) is 0.647. The molecule has 0 bridgehead atoms. The Hall–Kier alpha value is -1.22. The van der Waals surface area contributed by atoms with Gasteiger partial charge in [0.25, 0.3) is 0 Å². The Bertz CT molecular complexity index is 390. The first-order valence-corrected chi connectivity index (χ1v) is 7.41. The van der Waals surface area contributed by atoms with E-state index in [1.807, 2.05) is 25.1 Å². The van der Waals surface area contributed by atoms with Gasteiger partial charge in [-0.1, -0.05) is 33.1 Å². The number of methoxy groups -OCH3 is 2. The van der Waals surface area contributed by atoms with Gasteiger partial charge in [0.2, 0.25) is 0 Å². The van der Waals surface area contributed by atoms with Crippen LogP contribution in [0.5, 0.6) is 11.5 Å². The van der Waals surface area contributed by atoms with Crippen LogP contribution in [-0.2, 0) is 5.60 Å². The summed E-state index contributed by atoms with van der Waals surface area (Å²) >= 11 is 0. The average molecular weight is 280 g/mol. The summed E-state index contributed by atoms with van der Waals surface area (Å²) in [5, 5.41) is 10.9. The maximum Gasteiger partial charge on any atom is 0.122 e. The Labute approximate surface area is 122 Å². The average Bonchev–Trinajstić information content (AvgIpc) is 2.46. The lowest BCUT2D eigenvalue weighted by atomic mass is 9.81. The first-order chi connectivity index (χ1) is 9.45. The molecule has 1 N–H and O–H groups in total. The Morgan fingerprint density at radius 2 is 1.65 bits per heavy atom. The van der Waals surface area contributed by atoms with Crippen molar-refractivity contribution in [2.24, 2.45) is 5.92 Å². The van der Waals surface area contributed by atoms with E-state index in [0.29, 0.717) is 11.5 Å². The van der Waals surface area contributed by atoms with Crippen molar-refractivity contribution in [3.8, 4) is 11.5 Å². The summed E-state index contributed by atoms with van der Waals surface area (Å²) in [5.74, 6) is 1.60. The van der Waals surface area contributed by atoms with Gasteiger partial charge in [0.05, 0.1) is 19.8 Å². The van der Waals surface area contributed by atoms with E-state index in [9.17, 15) is 5.11 Å². The fourth-order valence-electron chi connectivity index (χ4n) is 2.37. The van der Waals surface area contributed by atoms with Crippen LogP contribution in [0.3, 0.4) is 0 Å². The molecule has 3 heteroatoms. The van der Waals surface area contributed by atoms with E-state index in [1.54, 1.807) is 14.2 Å². The van der Waals surface area contributed by atoms with Crippen molar-refractivity contribution >= 4 is 0 Å². The van der Waals surface area contributed by atoms with Crippen LogP contribution in [0.2, 0.25) is 0 Å². The predicted molar refractivity (Wildman–Crippen MR) is 82.4 cm³/mol. The monoisotopic (exact) mass is 280 g/mol. The minimum atomic E-state index is -0.879. The van der Waals surface area contributed by atoms with Crippen molar-refractivity contribution in [2.45, 2.75) is 52.1 Å². The first-order valence-electron chi connectivity index (χ1n) is 7.41. The van der Waals surface area contributed by atoms with Crippen molar-refractivity contribution in [3.63, 3.8) is 0 Å². The minimum Gasteiger partial charge on any atom is -0.497 e. The zero-order valence-electron chi connectivity index (χ0n) is 13.4. The van der Waals surface area contributed by atoms with Crippen LogP contribution in [0.1, 0.15) is 52.0 Å². The lowest BCUT2D eigenvalue weighted by molar-refractivity contribution is -0.00319. The van der Waals surface area contributed by atoms with Gasteiger partial charge in [-0.15, -0.1) is 0 Å². The third kappa shape index (κ3) is 4.14. The molecule has 20 heavy (non-hydrogen) atoms. The molecular formula is C17H28O3. The molecule has 0 radical (unpaired) electrons. The lowest BCUT2D eigenvalue weighted by Crippen LogP contribution is -2.30. The summed E-state index contributed by atoms with van der Waals surface area (Å²) in [6, 6.07) is 5.60. The van der Waals surface area contributed by atoms with Crippen LogP contribution in [-0.4, -0.2) is 19.3 Å². The van der Waals surface area contributed by atoms with Crippen LogP contribution in [0.15, 0.2) is 18.2 Å². The van der Waals surface area contributed by atoms with Crippen molar-refractivity contribution in [1.29, 1.82) is 0 Å². The van der Waals surface area contributed by atoms with Crippen molar-refractivity contribution < 1.29 is 14.6 Å². The summed E-state index contributed by atoms with van der Waals surface area (Å²) in [6.07, 6.45) is 4.57. The molecule has 0 saturated carbocycles. The molecule has 0 unspecified atom stereocenters. The highest BCUT2D eigenvalue weighted by Gasteiger charge is 2.31. The largest absolute Gasteiger partial charge is 0.497 e. The number of benzene rings is 1. The third-order valence-corrected chi connectivity index (χ3v) is 4.14. The van der Waals surface area contributed by atoms with Gasteiger partial charge in [-0.2, -0.15) is 0 Å². The number of unbranched alkanes of at least 4 members (excludes halogenated alkanes) is 2. The van der Waals surface area contributed by atoms with Crippen LogP contribution in [0, 0.1) is 5.92 Å². The molecule has 0 spiro atoms. The van der Waals surface area contributed by atoms with Crippen molar-refractivity contribution in [3.05, 3.63) is 23.8 Å². The summed E-state index contributed by atoms with van der Waals surface area (Å²) < 4.78 is 10.6. The molecule has 0 amide bonds. The second kappa shape index (κ2) is 7.53. The van der Waals surface area contributed by atoms with Gasteiger partial charge in [-0.05, 0) is 37.0 Å². The molecule has 0 heterocycles. The molecule has 1 aromatic rings. The first kappa shape index (κ1) is 16.8. The van der Waals surface area contributed by atoms with Gasteiger partial charge >= 0.3 is 0 Å². The Kier molecular flexibility index (Phi) is 6.34.